The lowest BCUT2D eigenvalue weighted by Gasteiger charge is -2.38. The van der Waals surface area contributed by atoms with Crippen molar-refractivity contribution in [1.29, 1.82) is 0 Å². The minimum Gasteiger partial charge on any atom is -0.389 e. The number of hydrogen-bond acceptors (Lipinski definition) is 3. The lowest BCUT2D eigenvalue weighted by Crippen LogP contribution is -2.45. The van der Waals surface area contributed by atoms with E-state index in [4.69, 9.17) is 18.0 Å². The van der Waals surface area contributed by atoms with Crippen LogP contribution in [0.25, 0.3) is 0 Å². The van der Waals surface area contributed by atoms with E-state index in [1.54, 1.807) is 0 Å². The van der Waals surface area contributed by atoms with Crippen molar-refractivity contribution >= 4 is 22.9 Å². The van der Waals surface area contributed by atoms with Crippen molar-refractivity contribution in [1.82, 2.24) is 4.90 Å². The van der Waals surface area contributed by atoms with Gasteiger partial charge in [0.15, 0.2) is 0 Å². The van der Waals surface area contributed by atoms with Crippen LogP contribution in [0.2, 0.25) is 0 Å². The van der Waals surface area contributed by atoms with Gasteiger partial charge in [-0.15, -0.1) is 0 Å². The highest BCUT2D eigenvalue weighted by Gasteiger charge is 2.24. The molecule has 1 fully saturated rings. The van der Waals surface area contributed by atoms with Crippen molar-refractivity contribution in [3.8, 4) is 0 Å². The number of anilines is 1. The number of hydrogen-bond donors (Lipinski definition) is 1. The zero-order valence-electron chi connectivity index (χ0n) is 12.0. The van der Waals surface area contributed by atoms with Gasteiger partial charge in [-0.3, -0.25) is 0 Å². The number of thiocarbonyl (C=S) groups is 1. The van der Waals surface area contributed by atoms with Crippen LogP contribution in [0.5, 0.6) is 0 Å². The average Bonchev–Trinajstić information content (AvgIpc) is 2.37. The number of nitrogens with two attached hydrogens (primary N) is 1. The molecule has 0 spiro atoms. The predicted molar refractivity (Wildman–Crippen MR) is 86.0 cm³/mol. The van der Waals surface area contributed by atoms with Crippen LogP contribution < -0.4 is 10.6 Å². The third-order valence-electron chi connectivity index (χ3n) is 4.00. The van der Waals surface area contributed by atoms with Crippen LogP contribution in [0.15, 0.2) is 18.2 Å². The molecule has 0 aromatic heterocycles. The molecule has 19 heavy (non-hydrogen) atoms. The highest BCUT2D eigenvalue weighted by atomic mass is 32.1. The molecule has 0 saturated carbocycles. The Bertz CT molecular complexity index is 472. The van der Waals surface area contributed by atoms with Gasteiger partial charge in [0.05, 0.1) is 0 Å². The normalized spacial score (nSPS) is 20.3. The first kappa shape index (κ1) is 14.3. The number of likely N-dealkylation sites (N-methyl/N-ethyl adjacent to an activating group) is 2. The number of piperidine rings is 1. The van der Waals surface area contributed by atoms with Crippen LogP contribution in [0.4, 0.5) is 5.69 Å². The second-order valence-corrected chi connectivity index (χ2v) is 5.94. The quantitative estimate of drug-likeness (QED) is 0.858. The van der Waals surface area contributed by atoms with E-state index in [1.165, 1.54) is 30.6 Å². The summed E-state index contributed by atoms with van der Waals surface area (Å²) in [5.41, 5.74) is 9.29. The Morgan fingerprint density at radius 2 is 2.21 bits per heavy atom. The lowest BCUT2D eigenvalue weighted by molar-refractivity contribution is 0.248. The molecule has 0 bridgehead atoms. The molecule has 0 aliphatic carbocycles. The minimum atomic E-state index is 0.481. The summed E-state index contributed by atoms with van der Waals surface area (Å²) in [4.78, 5) is 5.23. The van der Waals surface area contributed by atoms with Crippen LogP contribution in [-0.2, 0) is 0 Å². The molecular formula is C15H23N3S. The molecule has 1 aliphatic rings. The maximum absolute atomic E-state index is 5.87. The summed E-state index contributed by atoms with van der Waals surface area (Å²) in [5, 5.41) is 0. The summed E-state index contributed by atoms with van der Waals surface area (Å²) in [6.07, 6.45) is 2.48. The van der Waals surface area contributed by atoms with E-state index in [2.05, 4.69) is 36.9 Å². The number of nitrogens with zero attached hydrogens (tertiary/aromatic N) is 2. The van der Waals surface area contributed by atoms with Gasteiger partial charge < -0.3 is 15.5 Å². The lowest BCUT2D eigenvalue weighted by atomic mass is 10.0. The van der Waals surface area contributed by atoms with Crippen LogP contribution in [0.3, 0.4) is 0 Å². The Kier molecular flexibility index (Phi) is 4.42. The first-order valence-electron chi connectivity index (χ1n) is 6.81. The van der Waals surface area contributed by atoms with Crippen molar-refractivity contribution in [3.63, 3.8) is 0 Å². The Morgan fingerprint density at radius 3 is 2.84 bits per heavy atom. The van der Waals surface area contributed by atoms with Gasteiger partial charge in [-0.05, 0) is 45.0 Å². The molecule has 2 N–H and O–H groups in total. The van der Waals surface area contributed by atoms with E-state index in [0.29, 0.717) is 11.0 Å². The highest BCUT2D eigenvalue weighted by molar-refractivity contribution is 7.80. The number of rotatable bonds is 3. The summed E-state index contributed by atoms with van der Waals surface area (Å²) < 4.78 is 0. The Balaban J connectivity index is 2.32. The van der Waals surface area contributed by atoms with E-state index in [-0.39, 0.29) is 0 Å². The predicted octanol–water partition coefficient (Wildman–Crippen LogP) is 2.16. The first-order valence-corrected chi connectivity index (χ1v) is 7.22. The number of aryl methyl sites for hydroxylation is 1. The van der Waals surface area contributed by atoms with E-state index < -0.39 is 0 Å². The molecule has 1 heterocycles. The second kappa shape index (κ2) is 5.88. The van der Waals surface area contributed by atoms with Crippen LogP contribution in [0.1, 0.15) is 24.0 Å². The smallest absolute Gasteiger partial charge is 0.106 e. The maximum Gasteiger partial charge on any atom is 0.106 e. The third kappa shape index (κ3) is 3.07. The summed E-state index contributed by atoms with van der Waals surface area (Å²) in [6.45, 7) is 4.42. The summed E-state index contributed by atoms with van der Waals surface area (Å²) in [5.74, 6) is 0. The van der Waals surface area contributed by atoms with Gasteiger partial charge in [0.2, 0.25) is 0 Å². The minimum absolute atomic E-state index is 0.481. The molecular weight excluding hydrogens is 254 g/mol. The molecule has 4 heteroatoms. The average molecular weight is 277 g/mol. The molecule has 1 unspecified atom stereocenters. The highest BCUT2D eigenvalue weighted by Crippen LogP contribution is 2.28. The molecule has 1 saturated heterocycles. The summed E-state index contributed by atoms with van der Waals surface area (Å²) in [6, 6.07) is 6.70. The molecule has 3 nitrogen and oxygen atoms in total. The zero-order valence-corrected chi connectivity index (χ0v) is 12.8. The van der Waals surface area contributed by atoms with Crippen molar-refractivity contribution in [2.45, 2.75) is 25.8 Å². The number of para-hydroxylation sites is 1. The van der Waals surface area contributed by atoms with Gasteiger partial charge in [0, 0.05) is 30.9 Å². The molecule has 0 amide bonds. The van der Waals surface area contributed by atoms with Crippen molar-refractivity contribution < 1.29 is 0 Å². The Hall–Kier alpha value is -1.13. The van der Waals surface area contributed by atoms with Gasteiger partial charge >= 0.3 is 0 Å². The first-order chi connectivity index (χ1) is 9.00. The maximum atomic E-state index is 5.87. The SMILES string of the molecule is Cc1cccc(C(N)=S)c1N(C)C1CCCN(C)C1. The van der Waals surface area contributed by atoms with Gasteiger partial charge in [-0.2, -0.15) is 0 Å². The standard InChI is InChI=1S/C15H23N3S/c1-11-6-4-8-13(15(16)19)14(11)18(3)12-7-5-9-17(2)10-12/h4,6,8,12H,5,7,9-10H2,1-3H3,(H2,16,19). The van der Waals surface area contributed by atoms with Crippen molar-refractivity contribution in [2.75, 3.05) is 32.1 Å². The number of likely N-dealkylation sites (tertiary alicyclic amines) is 1. The van der Waals surface area contributed by atoms with Crippen LogP contribution in [0, 0.1) is 6.92 Å². The molecule has 1 aromatic carbocycles. The fourth-order valence-corrected chi connectivity index (χ4v) is 3.13. The zero-order chi connectivity index (χ0) is 14.0. The van der Waals surface area contributed by atoms with E-state index in [9.17, 15) is 0 Å². The fraction of sp³-hybridized carbons (Fsp3) is 0.533. The van der Waals surface area contributed by atoms with E-state index in [1.807, 2.05) is 12.1 Å². The topological polar surface area (TPSA) is 32.5 Å². The fourth-order valence-electron chi connectivity index (χ4n) is 2.96. The third-order valence-corrected chi connectivity index (χ3v) is 4.22. The van der Waals surface area contributed by atoms with Gasteiger partial charge in [-0.1, -0.05) is 24.4 Å². The largest absolute Gasteiger partial charge is 0.389 e. The molecule has 0 radical (unpaired) electrons. The second-order valence-electron chi connectivity index (χ2n) is 5.50. The van der Waals surface area contributed by atoms with E-state index in [0.717, 1.165) is 12.1 Å². The molecule has 1 aliphatic heterocycles. The molecule has 1 atom stereocenters. The summed E-state index contributed by atoms with van der Waals surface area (Å²) in [7, 11) is 4.35. The van der Waals surface area contributed by atoms with Gasteiger partial charge in [-0.25, -0.2) is 0 Å². The molecule has 104 valence electrons. The monoisotopic (exact) mass is 277 g/mol. The molecule has 1 aromatic rings. The van der Waals surface area contributed by atoms with Crippen LogP contribution >= 0.6 is 12.2 Å². The van der Waals surface area contributed by atoms with Gasteiger partial charge in [0.1, 0.15) is 4.99 Å². The van der Waals surface area contributed by atoms with Crippen LogP contribution in [-0.4, -0.2) is 43.1 Å². The van der Waals surface area contributed by atoms with Crippen molar-refractivity contribution in [2.24, 2.45) is 5.73 Å². The summed E-state index contributed by atoms with van der Waals surface area (Å²) >= 11 is 5.19. The molecule has 2 rings (SSSR count). The van der Waals surface area contributed by atoms with E-state index >= 15 is 0 Å². The Morgan fingerprint density at radius 1 is 1.47 bits per heavy atom. The van der Waals surface area contributed by atoms with Gasteiger partial charge in [0.25, 0.3) is 0 Å². The number of benzene rings is 1. The van der Waals surface area contributed by atoms with Crippen molar-refractivity contribution in [3.05, 3.63) is 29.3 Å². The Labute approximate surface area is 121 Å².